The Morgan fingerprint density at radius 1 is 1.38 bits per heavy atom. The summed E-state index contributed by atoms with van der Waals surface area (Å²) >= 11 is 3.12. The molecule has 21 heavy (non-hydrogen) atoms. The van der Waals surface area contributed by atoms with Crippen LogP contribution in [0.15, 0.2) is 22.7 Å². The number of rotatable bonds is 6. The molecule has 0 aromatic heterocycles. The Morgan fingerprint density at radius 2 is 2.05 bits per heavy atom. The number of carbonyl (C=O) groups is 2. The Labute approximate surface area is 130 Å². The largest absolute Gasteiger partial charge is 0.481 e. The Hall–Kier alpha value is -1.63. The molecule has 0 unspecified atom stereocenters. The fraction of sp³-hybridized carbons (Fsp3) is 0.429. The van der Waals surface area contributed by atoms with Gasteiger partial charge in [-0.05, 0) is 24.1 Å². The van der Waals surface area contributed by atoms with Crippen molar-refractivity contribution in [2.45, 2.75) is 19.9 Å². The second-order valence-corrected chi connectivity index (χ2v) is 5.59. The Morgan fingerprint density at radius 3 is 2.57 bits per heavy atom. The lowest BCUT2D eigenvalue weighted by atomic mass is 10.0. The third-order valence-corrected chi connectivity index (χ3v) is 3.18. The zero-order valence-electron chi connectivity index (χ0n) is 12.0. The van der Waals surface area contributed by atoms with E-state index >= 15 is 0 Å². The van der Waals surface area contributed by atoms with Crippen LogP contribution in [0.4, 0.5) is 4.39 Å². The SMILES string of the molecule is COC(=O)[C@@H](NC(=O)COc1ccc(Br)cc1F)C(C)C. The molecule has 0 bridgehead atoms. The molecule has 7 heteroatoms. The van der Waals surface area contributed by atoms with E-state index < -0.39 is 30.3 Å². The van der Waals surface area contributed by atoms with Crippen molar-refractivity contribution in [1.82, 2.24) is 5.32 Å². The molecule has 116 valence electrons. The number of hydrogen-bond donors (Lipinski definition) is 1. The molecule has 1 atom stereocenters. The smallest absolute Gasteiger partial charge is 0.328 e. The molecular formula is C14H17BrFNO4. The minimum Gasteiger partial charge on any atom is -0.481 e. The number of esters is 1. The van der Waals surface area contributed by atoms with Crippen molar-refractivity contribution in [3.05, 3.63) is 28.5 Å². The maximum atomic E-state index is 13.5. The highest BCUT2D eigenvalue weighted by atomic mass is 79.9. The van der Waals surface area contributed by atoms with Gasteiger partial charge in [-0.3, -0.25) is 4.79 Å². The fourth-order valence-electron chi connectivity index (χ4n) is 1.58. The molecule has 0 heterocycles. The molecule has 1 aromatic rings. The predicted molar refractivity (Wildman–Crippen MR) is 78.4 cm³/mol. The summed E-state index contributed by atoms with van der Waals surface area (Å²) in [5.74, 6) is -1.81. The topological polar surface area (TPSA) is 64.6 Å². The summed E-state index contributed by atoms with van der Waals surface area (Å²) in [6, 6.07) is 3.48. The van der Waals surface area contributed by atoms with Crippen LogP contribution in [0, 0.1) is 11.7 Å². The molecule has 0 aliphatic carbocycles. The lowest BCUT2D eigenvalue weighted by Crippen LogP contribution is -2.46. The van der Waals surface area contributed by atoms with Gasteiger partial charge in [0.05, 0.1) is 7.11 Å². The number of amides is 1. The molecular weight excluding hydrogens is 345 g/mol. The van der Waals surface area contributed by atoms with Gasteiger partial charge in [0.15, 0.2) is 18.2 Å². The van der Waals surface area contributed by atoms with E-state index in [1.54, 1.807) is 19.9 Å². The minimum atomic E-state index is -0.763. The highest BCUT2D eigenvalue weighted by Gasteiger charge is 2.25. The molecule has 1 N–H and O–H groups in total. The van der Waals surface area contributed by atoms with Gasteiger partial charge in [0, 0.05) is 4.47 Å². The van der Waals surface area contributed by atoms with E-state index in [0.717, 1.165) is 0 Å². The second kappa shape index (κ2) is 7.97. The quantitative estimate of drug-likeness (QED) is 0.789. The number of methoxy groups -OCH3 is 1. The van der Waals surface area contributed by atoms with E-state index in [4.69, 9.17) is 4.74 Å². The van der Waals surface area contributed by atoms with Gasteiger partial charge in [-0.25, -0.2) is 9.18 Å². The standard InChI is InChI=1S/C14H17BrFNO4/c1-8(2)13(14(19)20-3)17-12(18)7-21-11-5-4-9(15)6-10(11)16/h4-6,8,13H,7H2,1-3H3,(H,17,18)/t13-/m0/s1. The normalized spacial score (nSPS) is 11.9. The van der Waals surface area contributed by atoms with Crippen LogP contribution in [-0.4, -0.2) is 31.6 Å². The molecule has 0 spiro atoms. The van der Waals surface area contributed by atoms with E-state index in [0.29, 0.717) is 4.47 Å². The van der Waals surface area contributed by atoms with E-state index in [-0.39, 0.29) is 11.7 Å². The zero-order valence-corrected chi connectivity index (χ0v) is 13.6. The van der Waals surface area contributed by atoms with Gasteiger partial charge in [0.1, 0.15) is 6.04 Å². The van der Waals surface area contributed by atoms with Gasteiger partial charge in [0.25, 0.3) is 5.91 Å². The summed E-state index contributed by atoms with van der Waals surface area (Å²) in [6.45, 7) is 3.16. The van der Waals surface area contributed by atoms with Crippen LogP contribution >= 0.6 is 15.9 Å². The molecule has 0 saturated heterocycles. The van der Waals surface area contributed by atoms with Gasteiger partial charge in [0.2, 0.25) is 0 Å². The Bertz CT molecular complexity index is 522. The second-order valence-electron chi connectivity index (χ2n) is 4.68. The first kappa shape index (κ1) is 17.4. The summed E-state index contributed by atoms with van der Waals surface area (Å²) in [6.07, 6.45) is 0. The molecule has 0 saturated carbocycles. The van der Waals surface area contributed by atoms with Gasteiger partial charge < -0.3 is 14.8 Å². The van der Waals surface area contributed by atoms with Crippen molar-refractivity contribution in [3.8, 4) is 5.75 Å². The first-order valence-electron chi connectivity index (χ1n) is 6.30. The van der Waals surface area contributed by atoms with Crippen LogP contribution in [0.5, 0.6) is 5.75 Å². The number of hydrogen-bond acceptors (Lipinski definition) is 4. The zero-order chi connectivity index (χ0) is 16.0. The van der Waals surface area contributed by atoms with Crippen LogP contribution in [0.2, 0.25) is 0 Å². The monoisotopic (exact) mass is 361 g/mol. The molecule has 0 aliphatic heterocycles. The van der Waals surface area contributed by atoms with Crippen molar-refractivity contribution in [3.63, 3.8) is 0 Å². The van der Waals surface area contributed by atoms with Crippen LogP contribution in [0.1, 0.15) is 13.8 Å². The van der Waals surface area contributed by atoms with E-state index in [1.807, 2.05) is 0 Å². The molecule has 1 rings (SSSR count). The van der Waals surface area contributed by atoms with Crippen LogP contribution < -0.4 is 10.1 Å². The highest BCUT2D eigenvalue weighted by molar-refractivity contribution is 9.10. The number of halogens is 2. The van der Waals surface area contributed by atoms with Crippen molar-refractivity contribution >= 4 is 27.8 Å². The average molecular weight is 362 g/mol. The minimum absolute atomic E-state index is 0.0347. The van der Waals surface area contributed by atoms with Crippen molar-refractivity contribution in [1.29, 1.82) is 0 Å². The molecule has 1 aromatic carbocycles. The lowest BCUT2D eigenvalue weighted by molar-refractivity contribution is -0.146. The molecule has 5 nitrogen and oxygen atoms in total. The molecule has 0 radical (unpaired) electrons. The Balaban J connectivity index is 2.58. The average Bonchev–Trinajstić information content (AvgIpc) is 2.42. The Kier molecular flexibility index (Phi) is 6.61. The molecule has 1 amide bonds. The van der Waals surface area contributed by atoms with Crippen molar-refractivity contribution < 1.29 is 23.5 Å². The first-order valence-corrected chi connectivity index (χ1v) is 7.09. The van der Waals surface area contributed by atoms with Gasteiger partial charge >= 0.3 is 5.97 Å². The van der Waals surface area contributed by atoms with Crippen LogP contribution in [-0.2, 0) is 14.3 Å². The van der Waals surface area contributed by atoms with Crippen LogP contribution in [0.3, 0.4) is 0 Å². The van der Waals surface area contributed by atoms with E-state index in [9.17, 15) is 14.0 Å². The number of ether oxygens (including phenoxy) is 2. The maximum absolute atomic E-state index is 13.5. The molecule has 0 aliphatic rings. The predicted octanol–water partition coefficient (Wildman–Crippen LogP) is 2.28. The van der Waals surface area contributed by atoms with Gasteiger partial charge in [-0.1, -0.05) is 29.8 Å². The fourth-order valence-corrected chi connectivity index (χ4v) is 1.91. The first-order chi connectivity index (χ1) is 9.85. The molecule has 0 fully saturated rings. The summed E-state index contributed by atoms with van der Waals surface area (Å²) in [5, 5.41) is 2.50. The number of carbonyl (C=O) groups excluding carboxylic acids is 2. The van der Waals surface area contributed by atoms with Crippen molar-refractivity contribution in [2.75, 3.05) is 13.7 Å². The van der Waals surface area contributed by atoms with Crippen LogP contribution in [0.25, 0.3) is 0 Å². The van der Waals surface area contributed by atoms with Gasteiger partial charge in [-0.15, -0.1) is 0 Å². The third kappa shape index (κ3) is 5.34. The summed E-state index contributed by atoms with van der Waals surface area (Å²) in [7, 11) is 1.25. The highest BCUT2D eigenvalue weighted by Crippen LogP contribution is 2.21. The summed E-state index contributed by atoms with van der Waals surface area (Å²) < 4.78 is 23.8. The summed E-state index contributed by atoms with van der Waals surface area (Å²) in [4.78, 5) is 23.3. The van der Waals surface area contributed by atoms with Crippen molar-refractivity contribution in [2.24, 2.45) is 5.92 Å². The third-order valence-electron chi connectivity index (χ3n) is 2.69. The number of benzene rings is 1. The van der Waals surface area contributed by atoms with E-state index in [2.05, 4.69) is 26.0 Å². The number of nitrogens with one attached hydrogen (secondary N) is 1. The van der Waals surface area contributed by atoms with E-state index in [1.165, 1.54) is 19.2 Å². The van der Waals surface area contributed by atoms with Gasteiger partial charge in [-0.2, -0.15) is 0 Å². The summed E-state index contributed by atoms with van der Waals surface area (Å²) in [5.41, 5.74) is 0. The lowest BCUT2D eigenvalue weighted by Gasteiger charge is -2.19. The maximum Gasteiger partial charge on any atom is 0.328 e.